The van der Waals surface area contributed by atoms with Crippen LogP contribution in [0.3, 0.4) is 0 Å². The fraction of sp³-hybridized carbons (Fsp3) is 0.543. The maximum atomic E-state index is 14.1. The summed E-state index contributed by atoms with van der Waals surface area (Å²) in [5.41, 5.74) is 0.304. The summed E-state index contributed by atoms with van der Waals surface area (Å²) >= 11 is 6.24. The van der Waals surface area contributed by atoms with Crippen LogP contribution in [-0.4, -0.2) is 91.4 Å². The number of aliphatic hydroxyl groups is 1. The zero-order valence-corrected chi connectivity index (χ0v) is 30.3. The number of nitrogens with zero attached hydrogens (tertiary/aromatic N) is 2. The summed E-state index contributed by atoms with van der Waals surface area (Å²) in [6.07, 6.45) is 1.48. The molecule has 1 saturated carbocycles. The van der Waals surface area contributed by atoms with Crippen LogP contribution >= 0.6 is 11.6 Å². The Morgan fingerprint density at radius 2 is 1.88 bits per heavy atom. The molecule has 3 aliphatic rings. The van der Waals surface area contributed by atoms with Crippen molar-refractivity contribution < 1.29 is 37.5 Å². The number of carbonyl (C=O) groups is 3. The molecule has 15 heteroatoms. The lowest BCUT2D eigenvalue weighted by molar-refractivity contribution is -0.141. The number of halogens is 1. The van der Waals surface area contributed by atoms with E-state index in [1.54, 1.807) is 18.2 Å². The molecule has 13 nitrogen and oxygen atoms in total. The third kappa shape index (κ3) is 9.02. The van der Waals surface area contributed by atoms with Crippen molar-refractivity contribution in [2.75, 3.05) is 13.7 Å². The molecule has 0 bridgehead atoms. The van der Waals surface area contributed by atoms with E-state index >= 15 is 0 Å². The molecule has 4 N–H and O–H groups in total. The highest BCUT2D eigenvalue weighted by molar-refractivity contribution is 7.89. The Balaban J connectivity index is 1.42. The molecule has 272 valence electrons. The van der Waals surface area contributed by atoms with Crippen molar-refractivity contribution in [2.24, 2.45) is 11.1 Å². The van der Waals surface area contributed by atoms with Crippen LogP contribution in [0.1, 0.15) is 71.3 Å². The van der Waals surface area contributed by atoms with Crippen LogP contribution < -0.4 is 20.1 Å². The van der Waals surface area contributed by atoms with E-state index < -0.39 is 57.6 Å². The van der Waals surface area contributed by atoms with Gasteiger partial charge >= 0.3 is 0 Å². The molecule has 1 saturated heterocycles. The quantitative estimate of drug-likeness (QED) is 0.189. The highest BCUT2D eigenvalue weighted by Crippen LogP contribution is 2.40. The van der Waals surface area contributed by atoms with Crippen molar-refractivity contribution in [2.45, 2.75) is 107 Å². The van der Waals surface area contributed by atoms with E-state index in [-0.39, 0.29) is 49.1 Å². The number of aliphatic hydroxyl groups excluding tert-OH is 1. The molecular weight excluding hydrogens is 686 g/mol. The smallest absolute Gasteiger partial charge is 0.289 e. The van der Waals surface area contributed by atoms with Gasteiger partial charge in [0.25, 0.3) is 5.91 Å². The summed E-state index contributed by atoms with van der Waals surface area (Å²) in [5, 5.41) is 22.4. The molecule has 2 aliphatic heterocycles. The molecule has 2 amide bonds. The fourth-order valence-corrected chi connectivity index (χ4v) is 7.93. The van der Waals surface area contributed by atoms with Crippen molar-refractivity contribution in [1.29, 1.82) is 0 Å². The fourth-order valence-electron chi connectivity index (χ4n) is 6.50. The summed E-state index contributed by atoms with van der Waals surface area (Å²) in [4.78, 5) is 47.5. The van der Waals surface area contributed by atoms with Crippen LogP contribution in [0.15, 0.2) is 58.6 Å². The van der Waals surface area contributed by atoms with Gasteiger partial charge in [0, 0.05) is 36.0 Å². The van der Waals surface area contributed by atoms with Crippen molar-refractivity contribution in [3.8, 4) is 5.75 Å². The maximum Gasteiger partial charge on any atom is 0.289 e. The van der Waals surface area contributed by atoms with Gasteiger partial charge in [0.15, 0.2) is 5.60 Å². The number of nitrogens with one attached hydrogen (secondary N) is 3. The van der Waals surface area contributed by atoms with Gasteiger partial charge in [0.2, 0.25) is 21.7 Å². The molecule has 1 aliphatic carbocycles. The van der Waals surface area contributed by atoms with Crippen molar-refractivity contribution in [3.63, 3.8) is 0 Å². The SMILES string of the molecule is CCC[C@H](NC(=O)[C@@H]1C[C@]2(CC(c3cccc(Cl)c3)=NO2)CN1C(O)[C@H](CC(C)C)NS(=O)(=O)c1ccc(OC)cc1)C(=O)C(=O)NC1CC1. The van der Waals surface area contributed by atoms with E-state index in [0.29, 0.717) is 22.9 Å². The monoisotopic (exact) mass is 731 g/mol. The van der Waals surface area contributed by atoms with E-state index in [1.165, 1.54) is 36.3 Å². The lowest BCUT2D eigenvalue weighted by Gasteiger charge is -2.35. The Hall–Kier alpha value is -3.56. The van der Waals surface area contributed by atoms with Crippen LogP contribution in [-0.2, 0) is 29.2 Å². The number of Topliss-reactive ketones (excluding diaryl/α,β-unsaturated/α-hetero) is 1. The number of likely N-dealkylation sites (tertiary alicyclic amines) is 1. The summed E-state index contributed by atoms with van der Waals surface area (Å²) in [5.74, 6) is -1.63. The first-order valence-corrected chi connectivity index (χ1v) is 18.9. The highest BCUT2D eigenvalue weighted by atomic mass is 35.5. The third-order valence-electron chi connectivity index (χ3n) is 9.18. The second-order valence-corrected chi connectivity index (χ2v) is 16.0. The molecule has 2 aromatic rings. The summed E-state index contributed by atoms with van der Waals surface area (Å²) in [7, 11) is -2.64. The van der Waals surface area contributed by atoms with Crippen LogP contribution in [0.5, 0.6) is 5.75 Å². The number of methoxy groups -OCH3 is 1. The van der Waals surface area contributed by atoms with Crippen molar-refractivity contribution >= 4 is 44.9 Å². The van der Waals surface area contributed by atoms with Crippen LogP contribution in [0.4, 0.5) is 0 Å². The third-order valence-corrected chi connectivity index (χ3v) is 10.9. The topological polar surface area (TPSA) is 176 Å². The van der Waals surface area contributed by atoms with E-state index in [0.717, 1.165) is 18.4 Å². The Labute approximate surface area is 298 Å². The lowest BCUT2D eigenvalue weighted by Crippen LogP contribution is -2.58. The average Bonchev–Trinajstić information content (AvgIpc) is 3.68. The molecule has 0 radical (unpaired) electrons. The predicted octanol–water partition coefficient (Wildman–Crippen LogP) is 3.13. The zero-order chi connectivity index (χ0) is 36.2. The molecule has 0 aromatic heterocycles. The molecule has 5 rings (SSSR count). The lowest BCUT2D eigenvalue weighted by atomic mass is 9.91. The normalized spacial score (nSPS) is 22.5. The second-order valence-electron chi connectivity index (χ2n) is 13.8. The minimum atomic E-state index is -4.12. The predicted molar refractivity (Wildman–Crippen MR) is 187 cm³/mol. The molecule has 2 aromatic carbocycles. The first-order chi connectivity index (χ1) is 23.7. The summed E-state index contributed by atoms with van der Waals surface area (Å²) in [6, 6.07) is 9.81. The second kappa shape index (κ2) is 15.8. The Morgan fingerprint density at radius 1 is 1.16 bits per heavy atom. The van der Waals surface area contributed by atoms with Gasteiger partial charge in [-0.1, -0.05) is 56.1 Å². The number of ketones is 1. The van der Waals surface area contributed by atoms with E-state index in [2.05, 4.69) is 20.5 Å². The summed E-state index contributed by atoms with van der Waals surface area (Å²) in [6.45, 7) is 5.66. The Bertz CT molecular complexity index is 1700. The first-order valence-electron chi connectivity index (χ1n) is 17.0. The summed E-state index contributed by atoms with van der Waals surface area (Å²) < 4.78 is 35.0. The minimum Gasteiger partial charge on any atom is -0.497 e. The average molecular weight is 732 g/mol. The number of sulfonamides is 1. The molecule has 2 heterocycles. The minimum absolute atomic E-state index is 0.0180. The number of ether oxygens (including phenoxy) is 1. The number of rotatable bonds is 16. The van der Waals surface area contributed by atoms with Gasteiger partial charge in [-0.3, -0.25) is 19.3 Å². The molecule has 2 fully saturated rings. The standard InChI is InChI=1S/C35H46ClN5O8S/c1-5-7-27(31(42)33(44)37-24-10-11-24)38-32(43)30-19-35(18-29(39-49-35)22-8-6-9-23(36)17-22)20-41(30)34(45)28(16-21(2)3)40-50(46,47)26-14-12-25(48-4)13-15-26/h6,8-9,12-15,17,21,24,27-28,30,34,40,45H,5,7,10-11,16,18-20H2,1-4H3,(H,37,44)(H,38,43)/t27-,28-,30-,34?,35+/m0/s1. The van der Waals surface area contributed by atoms with Crippen molar-refractivity contribution in [1.82, 2.24) is 20.3 Å². The highest BCUT2D eigenvalue weighted by Gasteiger charge is 2.55. The van der Waals surface area contributed by atoms with Crippen LogP contribution in [0, 0.1) is 5.92 Å². The van der Waals surface area contributed by atoms with Crippen LogP contribution in [0.2, 0.25) is 5.02 Å². The van der Waals surface area contributed by atoms with Gasteiger partial charge in [-0.2, -0.15) is 0 Å². The molecular formula is C35H46ClN5O8S. The van der Waals surface area contributed by atoms with Gasteiger partial charge < -0.3 is 25.3 Å². The van der Waals surface area contributed by atoms with Crippen LogP contribution in [0.25, 0.3) is 0 Å². The van der Waals surface area contributed by atoms with Crippen molar-refractivity contribution in [3.05, 3.63) is 59.1 Å². The van der Waals surface area contributed by atoms with E-state index in [4.69, 9.17) is 21.2 Å². The number of carbonyl (C=O) groups excluding carboxylic acids is 3. The first kappa shape index (κ1) is 37.7. The molecule has 1 unspecified atom stereocenters. The van der Waals surface area contributed by atoms with Gasteiger partial charge in [0.1, 0.15) is 12.0 Å². The molecule has 1 spiro atoms. The molecule has 5 atom stereocenters. The number of oxime groups is 1. The Kier molecular flexibility index (Phi) is 11.9. The number of hydrogen-bond acceptors (Lipinski definition) is 10. The molecule has 50 heavy (non-hydrogen) atoms. The Morgan fingerprint density at radius 3 is 2.50 bits per heavy atom. The number of hydrogen-bond donors (Lipinski definition) is 4. The largest absolute Gasteiger partial charge is 0.497 e. The maximum absolute atomic E-state index is 14.1. The van der Waals surface area contributed by atoms with E-state index in [9.17, 15) is 27.9 Å². The van der Waals surface area contributed by atoms with Gasteiger partial charge in [0.05, 0.1) is 35.8 Å². The van der Waals surface area contributed by atoms with Gasteiger partial charge in [-0.25, -0.2) is 13.1 Å². The number of benzene rings is 2. The van der Waals surface area contributed by atoms with Gasteiger partial charge in [-0.15, -0.1) is 0 Å². The van der Waals surface area contributed by atoms with E-state index in [1.807, 2.05) is 26.8 Å². The zero-order valence-electron chi connectivity index (χ0n) is 28.7. The van der Waals surface area contributed by atoms with Gasteiger partial charge in [-0.05, 0) is 68.0 Å². The number of amides is 2.